The maximum Gasteiger partial charge on any atom is 0.346 e. The Kier molecular flexibility index (Phi) is 3.40. The number of primary amides is 2. The summed E-state index contributed by atoms with van der Waals surface area (Å²) in [6.07, 6.45) is 0. The van der Waals surface area contributed by atoms with Crippen molar-refractivity contribution < 1.29 is 38.2 Å². The quantitative estimate of drug-likeness (QED) is 0.560. The third-order valence-electron chi connectivity index (χ3n) is 4.39. The van der Waals surface area contributed by atoms with Gasteiger partial charge in [0.25, 0.3) is 0 Å². The maximum absolute atomic E-state index is 11.9. The number of hydrogen-bond donors (Lipinski definition) is 2. The highest BCUT2D eigenvalue weighted by Gasteiger charge is 2.35. The van der Waals surface area contributed by atoms with Gasteiger partial charge in [0.05, 0.1) is 22.3 Å². The topological polar surface area (TPSA) is 173 Å². The Balaban J connectivity index is 2.07. The average molecular weight is 380 g/mol. The molecule has 4 N–H and O–H groups in total. The third-order valence-corrected chi connectivity index (χ3v) is 4.39. The molecular formula is C18H8N2O8. The van der Waals surface area contributed by atoms with Crippen molar-refractivity contribution in [3.63, 3.8) is 0 Å². The number of rotatable bonds is 3. The highest BCUT2D eigenvalue weighted by molar-refractivity contribution is 6.20. The monoisotopic (exact) mass is 380 g/mol. The van der Waals surface area contributed by atoms with E-state index in [4.69, 9.17) is 11.5 Å². The molecule has 0 saturated carbocycles. The van der Waals surface area contributed by atoms with E-state index in [1.54, 1.807) is 0 Å². The van der Waals surface area contributed by atoms with Gasteiger partial charge in [0.15, 0.2) is 0 Å². The molecule has 0 spiro atoms. The van der Waals surface area contributed by atoms with Gasteiger partial charge in [-0.25, -0.2) is 19.2 Å². The van der Waals surface area contributed by atoms with Crippen LogP contribution in [0.3, 0.4) is 0 Å². The van der Waals surface area contributed by atoms with E-state index in [1.165, 1.54) is 0 Å². The van der Waals surface area contributed by atoms with Gasteiger partial charge in [-0.1, -0.05) is 0 Å². The van der Waals surface area contributed by atoms with Crippen molar-refractivity contribution >= 4 is 35.7 Å². The van der Waals surface area contributed by atoms with Gasteiger partial charge in [-0.3, -0.25) is 9.59 Å². The minimum absolute atomic E-state index is 0.0401. The molecule has 0 aromatic heterocycles. The second-order valence-electron chi connectivity index (χ2n) is 5.97. The molecule has 2 aromatic rings. The van der Waals surface area contributed by atoms with Gasteiger partial charge in [0.2, 0.25) is 11.8 Å². The molecule has 0 unspecified atom stereocenters. The number of hydrogen-bond acceptors (Lipinski definition) is 8. The Morgan fingerprint density at radius 2 is 0.821 bits per heavy atom. The lowest BCUT2D eigenvalue weighted by Crippen LogP contribution is -2.17. The fourth-order valence-electron chi connectivity index (χ4n) is 3.12. The molecule has 0 bridgehead atoms. The summed E-state index contributed by atoms with van der Waals surface area (Å²) < 4.78 is 9.00. The normalized spacial score (nSPS) is 14.4. The summed E-state index contributed by atoms with van der Waals surface area (Å²) in [5, 5.41) is 0. The summed E-state index contributed by atoms with van der Waals surface area (Å²) >= 11 is 0. The van der Waals surface area contributed by atoms with Crippen LogP contribution < -0.4 is 11.5 Å². The molecule has 0 aliphatic carbocycles. The van der Waals surface area contributed by atoms with Crippen molar-refractivity contribution in [3.8, 4) is 11.1 Å². The first-order valence-electron chi connectivity index (χ1n) is 7.68. The summed E-state index contributed by atoms with van der Waals surface area (Å²) in [6, 6.07) is 4.39. The Morgan fingerprint density at radius 3 is 1.11 bits per heavy atom. The molecule has 10 nitrogen and oxygen atoms in total. The molecule has 2 aliphatic heterocycles. The van der Waals surface area contributed by atoms with Crippen LogP contribution >= 0.6 is 0 Å². The zero-order valence-corrected chi connectivity index (χ0v) is 13.7. The Hall–Kier alpha value is -4.34. The number of nitrogens with two attached hydrogens (primary N) is 2. The number of benzene rings is 2. The smallest absolute Gasteiger partial charge is 0.346 e. The zero-order valence-electron chi connectivity index (χ0n) is 13.7. The summed E-state index contributed by atoms with van der Waals surface area (Å²) in [5.41, 5.74) is 9.60. The molecule has 0 radical (unpaired) electrons. The zero-order chi connectivity index (χ0) is 20.3. The SMILES string of the molecule is NC(=O)c1cc2c(cc1-c1cc3c(cc1C(N)=O)C(=O)OC3=O)C(=O)OC2=O. The van der Waals surface area contributed by atoms with E-state index in [1.807, 2.05) is 0 Å². The summed E-state index contributed by atoms with van der Waals surface area (Å²) in [5.74, 6) is -5.75. The van der Waals surface area contributed by atoms with Crippen LogP contribution in [0.5, 0.6) is 0 Å². The average Bonchev–Trinajstić information content (AvgIpc) is 3.08. The number of esters is 4. The van der Waals surface area contributed by atoms with Crippen LogP contribution in [0.1, 0.15) is 62.1 Å². The molecule has 28 heavy (non-hydrogen) atoms. The largest absolute Gasteiger partial charge is 0.386 e. The van der Waals surface area contributed by atoms with E-state index in [9.17, 15) is 28.8 Å². The number of cyclic esters (lactones) is 4. The standard InChI is InChI=1S/C18H8N2O8/c19-13(21)7-3-11-9(15(23)27-17(11)25)1-5(7)6-2-10-12(4-8(6)14(20)22)18(26)28-16(10)24/h1-4H,(H2,19,21)(H2,20,22). The van der Waals surface area contributed by atoms with Gasteiger partial charge in [0.1, 0.15) is 0 Å². The van der Waals surface area contributed by atoms with Crippen LogP contribution in [0.2, 0.25) is 0 Å². The van der Waals surface area contributed by atoms with Gasteiger partial charge in [-0.2, -0.15) is 0 Å². The first-order chi connectivity index (χ1) is 13.2. The minimum atomic E-state index is -0.973. The minimum Gasteiger partial charge on any atom is -0.386 e. The predicted molar refractivity (Wildman–Crippen MR) is 88.4 cm³/mol. The molecule has 4 rings (SSSR count). The number of ether oxygens (including phenoxy) is 2. The number of carbonyl (C=O) groups is 6. The van der Waals surface area contributed by atoms with Crippen LogP contribution in [0, 0.1) is 0 Å². The molecule has 2 aliphatic rings. The first-order valence-corrected chi connectivity index (χ1v) is 7.68. The van der Waals surface area contributed by atoms with Crippen molar-refractivity contribution in [3.05, 3.63) is 57.6 Å². The number of amides is 2. The van der Waals surface area contributed by atoms with E-state index in [2.05, 4.69) is 9.47 Å². The molecule has 0 fully saturated rings. The van der Waals surface area contributed by atoms with Crippen molar-refractivity contribution in [2.45, 2.75) is 0 Å². The van der Waals surface area contributed by atoms with Gasteiger partial charge < -0.3 is 20.9 Å². The fraction of sp³-hybridized carbons (Fsp3) is 0. The van der Waals surface area contributed by atoms with Crippen LogP contribution in [-0.4, -0.2) is 35.7 Å². The lowest BCUT2D eigenvalue weighted by atomic mass is 9.88. The fourth-order valence-corrected chi connectivity index (χ4v) is 3.12. The summed E-state index contributed by atoms with van der Waals surface area (Å²) in [7, 11) is 0. The molecule has 2 amide bonds. The van der Waals surface area contributed by atoms with E-state index in [-0.39, 0.29) is 44.5 Å². The Morgan fingerprint density at radius 1 is 0.536 bits per heavy atom. The molecule has 0 atom stereocenters. The van der Waals surface area contributed by atoms with Gasteiger partial charge in [-0.05, 0) is 35.4 Å². The molecule has 0 saturated heterocycles. The predicted octanol–water partition coefficient (Wildman–Crippen LogP) is 0.173. The van der Waals surface area contributed by atoms with Gasteiger partial charge in [0, 0.05) is 11.1 Å². The molecule has 2 aromatic carbocycles. The summed E-state index contributed by atoms with van der Waals surface area (Å²) in [6.45, 7) is 0. The van der Waals surface area contributed by atoms with E-state index in [0.717, 1.165) is 24.3 Å². The van der Waals surface area contributed by atoms with Crippen LogP contribution in [0.15, 0.2) is 24.3 Å². The maximum atomic E-state index is 11.9. The van der Waals surface area contributed by atoms with Gasteiger partial charge >= 0.3 is 23.9 Å². The second kappa shape index (κ2) is 5.58. The van der Waals surface area contributed by atoms with E-state index >= 15 is 0 Å². The Labute approximate surface area is 155 Å². The van der Waals surface area contributed by atoms with Crippen LogP contribution in [0.4, 0.5) is 0 Å². The molecule has 2 heterocycles. The lowest BCUT2D eigenvalue weighted by molar-refractivity contribution is 0.0425. The van der Waals surface area contributed by atoms with Crippen LogP contribution in [0.25, 0.3) is 11.1 Å². The van der Waals surface area contributed by atoms with Gasteiger partial charge in [-0.15, -0.1) is 0 Å². The second-order valence-corrected chi connectivity index (χ2v) is 5.97. The number of carbonyl (C=O) groups excluding carboxylic acids is 6. The molecule has 138 valence electrons. The molecule has 10 heteroatoms. The highest BCUT2D eigenvalue weighted by Crippen LogP contribution is 2.35. The Bertz CT molecular complexity index is 1100. The lowest BCUT2D eigenvalue weighted by Gasteiger charge is -2.13. The van der Waals surface area contributed by atoms with E-state index in [0.29, 0.717) is 0 Å². The van der Waals surface area contributed by atoms with Crippen molar-refractivity contribution in [1.29, 1.82) is 0 Å². The number of fused-ring (bicyclic) bond motifs is 2. The van der Waals surface area contributed by atoms with E-state index < -0.39 is 35.7 Å². The summed E-state index contributed by atoms with van der Waals surface area (Å²) in [4.78, 5) is 71.1. The van der Waals surface area contributed by atoms with Crippen molar-refractivity contribution in [2.24, 2.45) is 11.5 Å². The highest BCUT2D eigenvalue weighted by atomic mass is 16.6. The first kappa shape index (κ1) is 17.1. The van der Waals surface area contributed by atoms with Crippen molar-refractivity contribution in [1.82, 2.24) is 0 Å². The van der Waals surface area contributed by atoms with Crippen LogP contribution in [-0.2, 0) is 9.47 Å². The van der Waals surface area contributed by atoms with Crippen molar-refractivity contribution in [2.75, 3.05) is 0 Å². The third kappa shape index (κ3) is 2.28. The molecular weight excluding hydrogens is 372 g/mol.